The van der Waals surface area contributed by atoms with E-state index in [1.54, 1.807) is 31.5 Å². The molecule has 30 heavy (non-hydrogen) atoms. The summed E-state index contributed by atoms with van der Waals surface area (Å²) in [5.41, 5.74) is 0.626. The van der Waals surface area contributed by atoms with E-state index in [0.717, 1.165) is 18.5 Å². The van der Waals surface area contributed by atoms with Crippen LogP contribution in [0.25, 0.3) is 0 Å². The lowest BCUT2D eigenvalue weighted by molar-refractivity contribution is -0.146. The van der Waals surface area contributed by atoms with E-state index in [4.69, 9.17) is 9.47 Å². The number of carbonyl (C=O) groups is 2. The molecule has 2 amide bonds. The van der Waals surface area contributed by atoms with Crippen LogP contribution in [0.5, 0.6) is 11.5 Å². The smallest absolute Gasteiger partial charge is 0.258 e. The van der Waals surface area contributed by atoms with E-state index in [2.05, 4.69) is 15.6 Å². The van der Waals surface area contributed by atoms with Crippen LogP contribution >= 0.6 is 0 Å². The van der Waals surface area contributed by atoms with Crippen molar-refractivity contribution < 1.29 is 19.1 Å². The molecule has 4 unspecified atom stereocenters. The third-order valence-corrected chi connectivity index (χ3v) is 6.78. The average molecular weight is 407 g/mol. The van der Waals surface area contributed by atoms with Gasteiger partial charge in [-0.1, -0.05) is 6.07 Å². The number of rotatable bonds is 4. The van der Waals surface area contributed by atoms with Crippen LogP contribution in [0.4, 0.5) is 0 Å². The van der Waals surface area contributed by atoms with Crippen LogP contribution in [-0.2, 0) is 11.3 Å². The zero-order valence-electron chi connectivity index (χ0n) is 16.9. The maximum Gasteiger partial charge on any atom is 0.258 e. The number of carbonyl (C=O) groups excluding carboxylic acids is 2. The van der Waals surface area contributed by atoms with Gasteiger partial charge in [0, 0.05) is 30.5 Å². The van der Waals surface area contributed by atoms with Crippen molar-refractivity contribution in [1.29, 1.82) is 0 Å². The van der Waals surface area contributed by atoms with Gasteiger partial charge in [0.05, 0.1) is 24.9 Å². The molecule has 3 saturated carbocycles. The van der Waals surface area contributed by atoms with Crippen LogP contribution in [-0.4, -0.2) is 29.6 Å². The second-order valence-corrected chi connectivity index (χ2v) is 8.43. The van der Waals surface area contributed by atoms with Crippen molar-refractivity contribution >= 4 is 11.8 Å². The van der Waals surface area contributed by atoms with Crippen molar-refractivity contribution in [1.82, 2.24) is 15.6 Å². The van der Waals surface area contributed by atoms with Crippen molar-refractivity contribution in [3.05, 3.63) is 53.9 Å². The minimum atomic E-state index is -0.739. The Balaban J connectivity index is 1.31. The molecule has 4 atom stereocenters. The van der Waals surface area contributed by atoms with E-state index >= 15 is 0 Å². The van der Waals surface area contributed by atoms with Crippen LogP contribution in [0, 0.1) is 17.8 Å². The Morgan fingerprint density at radius 3 is 2.97 bits per heavy atom. The second kappa shape index (κ2) is 7.31. The molecule has 1 aliphatic heterocycles. The molecule has 7 nitrogen and oxygen atoms in total. The fourth-order valence-electron chi connectivity index (χ4n) is 5.25. The van der Waals surface area contributed by atoms with E-state index in [9.17, 15) is 9.59 Å². The molecular weight excluding hydrogens is 382 g/mol. The minimum Gasteiger partial charge on any atom is -0.497 e. The first-order valence-corrected chi connectivity index (χ1v) is 10.4. The summed E-state index contributed by atoms with van der Waals surface area (Å²) >= 11 is 0. The van der Waals surface area contributed by atoms with E-state index in [1.807, 2.05) is 18.2 Å². The Kier molecular flexibility index (Phi) is 4.60. The molecule has 2 aromatic rings. The molecule has 3 aliphatic carbocycles. The van der Waals surface area contributed by atoms with E-state index in [-0.39, 0.29) is 29.6 Å². The van der Waals surface area contributed by atoms with Gasteiger partial charge in [-0.25, -0.2) is 0 Å². The van der Waals surface area contributed by atoms with Gasteiger partial charge in [-0.15, -0.1) is 0 Å². The molecule has 6 rings (SSSR count). The van der Waals surface area contributed by atoms with Gasteiger partial charge in [0.1, 0.15) is 11.5 Å². The van der Waals surface area contributed by atoms with Gasteiger partial charge in [-0.05, 0) is 49.4 Å². The Bertz CT molecular complexity index is 980. The molecule has 4 aliphatic rings. The Morgan fingerprint density at radius 2 is 2.23 bits per heavy atom. The summed E-state index contributed by atoms with van der Waals surface area (Å²) in [5, 5.41) is 6.17. The predicted octanol–water partition coefficient (Wildman–Crippen LogP) is 2.66. The number of pyridine rings is 1. The molecule has 7 heteroatoms. The number of methoxy groups -OCH3 is 1. The quantitative estimate of drug-likeness (QED) is 0.813. The van der Waals surface area contributed by atoms with Gasteiger partial charge >= 0.3 is 0 Å². The summed E-state index contributed by atoms with van der Waals surface area (Å²) < 4.78 is 11.7. The Morgan fingerprint density at radius 1 is 1.33 bits per heavy atom. The largest absolute Gasteiger partial charge is 0.497 e. The monoisotopic (exact) mass is 407 g/mol. The standard InChI is InChI=1S/C23H25N3O4/c1-29-17-7-8-18-20(11-17)30-23(26-22(18)28)12-14-5-6-15(23)10-19(14)21(27)25-13-16-4-2-3-9-24-16/h2-4,7-9,11,14-15,19H,5-6,10,12-13H2,1H3,(H,25,27)(H,26,28). The fourth-order valence-corrected chi connectivity index (χ4v) is 5.25. The SMILES string of the molecule is COc1ccc2c(c1)OC1(CC3CCC1CC3C(=O)NCc1ccccn1)NC2=O. The molecule has 156 valence electrons. The number of aromatic nitrogens is 1. The number of ether oxygens (including phenoxy) is 2. The molecule has 2 heterocycles. The number of amides is 2. The summed E-state index contributed by atoms with van der Waals surface area (Å²) in [4.78, 5) is 30.0. The highest BCUT2D eigenvalue weighted by Crippen LogP contribution is 2.52. The van der Waals surface area contributed by atoms with Gasteiger partial charge in [0.2, 0.25) is 5.91 Å². The first kappa shape index (κ1) is 18.9. The van der Waals surface area contributed by atoms with Crippen LogP contribution in [0.15, 0.2) is 42.6 Å². The third kappa shape index (κ3) is 3.18. The topological polar surface area (TPSA) is 89.6 Å². The predicted molar refractivity (Wildman–Crippen MR) is 109 cm³/mol. The first-order valence-electron chi connectivity index (χ1n) is 10.4. The molecule has 3 fully saturated rings. The summed E-state index contributed by atoms with van der Waals surface area (Å²) in [5.74, 6) is 1.36. The van der Waals surface area contributed by atoms with Gasteiger partial charge in [0.25, 0.3) is 5.91 Å². The van der Waals surface area contributed by atoms with E-state index in [0.29, 0.717) is 36.4 Å². The molecule has 2 N–H and O–H groups in total. The lowest BCUT2D eigenvalue weighted by Gasteiger charge is -2.55. The normalized spacial score (nSPS) is 29.0. The van der Waals surface area contributed by atoms with Crippen molar-refractivity contribution in [3.63, 3.8) is 0 Å². The molecule has 0 radical (unpaired) electrons. The van der Waals surface area contributed by atoms with Crippen molar-refractivity contribution in [2.45, 2.75) is 38.0 Å². The molecule has 1 aromatic heterocycles. The maximum atomic E-state index is 12.9. The fraction of sp³-hybridized carbons (Fsp3) is 0.435. The second-order valence-electron chi connectivity index (χ2n) is 8.43. The van der Waals surface area contributed by atoms with E-state index in [1.165, 1.54) is 0 Å². The van der Waals surface area contributed by atoms with Crippen molar-refractivity contribution in [3.8, 4) is 11.5 Å². The van der Waals surface area contributed by atoms with Crippen LogP contribution < -0.4 is 20.1 Å². The molecule has 1 spiro atoms. The Labute approximate surface area is 175 Å². The summed E-state index contributed by atoms with van der Waals surface area (Å²) in [6, 6.07) is 10.9. The third-order valence-electron chi connectivity index (χ3n) is 6.78. The van der Waals surface area contributed by atoms with Gasteiger partial charge in [0.15, 0.2) is 5.72 Å². The van der Waals surface area contributed by atoms with Crippen molar-refractivity contribution in [2.24, 2.45) is 17.8 Å². The molecule has 0 saturated heterocycles. The summed E-state index contributed by atoms with van der Waals surface area (Å²) in [6.45, 7) is 0.430. The molecule has 2 bridgehead atoms. The zero-order valence-corrected chi connectivity index (χ0v) is 16.9. The number of hydrogen-bond donors (Lipinski definition) is 2. The van der Waals surface area contributed by atoms with Crippen molar-refractivity contribution in [2.75, 3.05) is 7.11 Å². The van der Waals surface area contributed by atoms with Gasteiger partial charge in [-0.2, -0.15) is 0 Å². The zero-order chi connectivity index (χ0) is 20.7. The highest BCUT2D eigenvalue weighted by molar-refractivity contribution is 5.98. The number of nitrogens with zero attached hydrogens (tertiary/aromatic N) is 1. The highest BCUT2D eigenvalue weighted by Gasteiger charge is 2.57. The first-order chi connectivity index (χ1) is 14.6. The number of nitrogens with one attached hydrogen (secondary N) is 2. The molecule has 1 aromatic carbocycles. The summed E-state index contributed by atoms with van der Waals surface area (Å²) in [6.07, 6.45) is 4.98. The number of benzene rings is 1. The highest BCUT2D eigenvalue weighted by atomic mass is 16.5. The lowest BCUT2D eigenvalue weighted by Crippen LogP contribution is -2.66. The lowest BCUT2D eigenvalue weighted by atomic mass is 9.60. The number of fused-ring (bicyclic) bond motifs is 3. The molecular formula is C23H25N3O4. The summed E-state index contributed by atoms with van der Waals surface area (Å²) in [7, 11) is 1.59. The van der Waals surface area contributed by atoms with Gasteiger partial charge in [-0.3, -0.25) is 14.6 Å². The van der Waals surface area contributed by atoms with Crippen LogP contribution in [0.1, 0.15) is 41.7 Å². The average Bonchev–Trinajstić information content (AvgIpc) is 2.78. The van der Waals surface area contributed by atoms with Crippen LogP contribution in [0.3, 0.4) is 0 Å². The van der Waals surface area contributed by atoms with Crippen LogP contribution in [0.2, 0.25) is 0 Å². The van der Waals surface area contributed by atoms with Gasteiger partial charge < -0.3 is 20.1 Å². The van der Waals surface area contributed by atoms with E-state index < -0.39 is 5.72 Å². The minimum absolute atomic E-state index is 0.0643. The Hall–Kier alpha value is -3.09. The number of hydrogen-bond acceptors (Lipinski definition) is 5. The maximum absolute atomic E-state index is 12.9.